The quantitative estimate of drug-likeness (QED) is 0.756. The lowest BCUT2D eigenvalue weighted by atomic mass is 10.1. The fraction of sp³-hybridized carbons (Fsp3) is 0.533. The molecule has 1 atom stereocenters. The molecule has 1 aromatic rings. The molecule has 0 heterocycles. The number of benzene rings is 1. The van der Waals surface area contributed by atoms with Gasteiger partial charge in [0, 0.05) is 6.54 Å². The van der Waals surface area contributed by atoms with Crippen molar-refractivity contribution in [3.63, 3.8) is 0 Å². The Morgan fingerprint density at radius 1 is 1.26 bits per heavy atom. The zero-order valence-corrected chi connectivity index (χ0v) is 12.6. The van der Waals surface area contributed by atoms with Crippen molar-refractivity contribution in [3.8, 4) is 0 Å². The van der Waals surface area contributed by atoms with Crippen LogP contribution in [0.1, 0.15) is 32.3 Å². The van der Waals surface area contributed by atoms with Crippen molar-refractivity contribution in [2.75, 3.05) is 6.54 Å². The molecule has 0 aromatic heterocycles. The van der Waals surface area contributed by atoms with Crippen molar-refractivity contribution >= 4 is 18.3 Å². The minimum Gasteiger partial charge on any atom is -0.355 e. The highest BCUT2D eigenvalue weighted by atomic mass is 35.5. The first-order valence-corrected chi connectivity index (χ1v) is 6.67. The molecule has 0 aliphatic carbocycles. The van der Waals surface area contributed by atoms with Crippen molar-refractivity contribution in [1.82, 2.24) is 5.32 Å². The number of nitrogens with two attached hydrogens (primary N) is 1. The van der Waals surface area contributed by atoms with Crippen molar-refractivity contribution in [2.24, 2.45) is 11.7 Å². The maximum atomic E-state index is 11.8. The van der Waals surface area contributed by atoms with Gasteiger partial charge >= 0.3 is 0 Å². The van der Waals surface area contributed by atoms with Gasteiger partial charge in [-0.05, 0) is 30.7 Å². The van der Waals surface area contributed by atoms with Crippen LogP contribution in [0, 0.1) is 5.92 Å². The van der Waals surface area contributed by atoms with E-state index in [1.54, 1.807) is 0 Å². The van der Waals surface area contributed by atoms with Crippen molar-refractivity contribution < 1.29 is 4.79 Å². The summed E-state index contributed by atoms with van der Waals surface area (Å²) in [5, 5.41) is 2.89. The van der Waals surface area contributed by atoms with E-state index < -0.39 is 6.04 Å². The molecule has 0 saturated carbocycles. The smallest absolute Gasteiger partial charge is 0.237 e. The maximum absolute atomic E-state index is 11.8. The topological polar surface area (TPSA) is 55.1 Å². The Labute approximate surface area is 122 Å². The molecule has 0 aliphatic heterocycles. The van der Waals surface area contributed by atoms with Gasteiger partial charge in [-0.1, -0.05) is 44.2 Å². The zero-order valence-electron chi connectivity index (χ0n) is 11.8. The molecular weight excluding hydrogens is 260 g/mol. The van der Waals surface area contributed by atoms with Crippen LogP contribution in [0.2, 0.25) is 0 Å². The van der Waals surface area contributed by atoms with Crippen LogP contribution in [-0.4, -0.2) is 18.5 Å². The molecule has 0 fully saturated rings. The second-order valence-corrected chi connectivity index (χ2v) is 5.12. The molecule has 3 nitrogen and oxygen atoms in total. The van der Waals surface area contributed by atoms with E-state index >= 15 is 0 Å². The Morgan fingerprint density at radius 2 is 1.89 bits per heavy atom. The summed E-state index contributed by atoms with van der Waals surface area (Å²) < 4.78 is 0. The maximum Gasteiger partial charge on any atom is 0.237 e. The molecule has 0 aliphatic rings. The molecule has 1 rings (SSSR count). The summed E-state index contributed by atoms with van der Waals surface area (Å²) in [7, 11) is 0. The van der Waals surface area contributed by atoms with Gasteiger partial charge in [-0.25, -0.2) is 0 Å². The Hall–Kier alpha value is -1.06. The third-order valence-corrected chi connectivity index (χ3v) is 2.89. The minimum atomic E-state index is -0.452. The number of carbonyl (C=O) groups is 1. The molecule has 19 heavy (non-hydrogen) atoms. The van der Waals surface area contributed by atoms with E-state index in [4.69, 9.17) is 5.73 Å². The molecule has 1 amide bonds. The molecule has 0 radical (unpaired) electrons. The summed E-state index contributed by atoms with van der Waals surface area (Å²) in [5.41, 5.74) is 6.98. The molecule has 0 bridgehead atoms. The van der Waals surface area contributed by atoms with Gasteiger partial charge in [0.05, 0.1) is 6.04 Å². The van der Waals surface area contributed by atoms with Gasteiger partial charge in [-0.2, -0.15) is 0 Å². The molecule has 3 N–H and O–H groups in total. The lowest BCUT2D eigenvalue weighted by Crippen LogP contribution is -2.42. The van der Waals surface area contributed by atoms with E-state index in [1.165, 1.54) is 0 Å². The highest BCUT2D eigenvalue weighted by molar-refractivity contribution is 5.85. The highest BCUT2D eigenvalue weighted by Gasteiger charge is 2.13. The summed E-state index contributed by atoms with van der Waals surface area (Å²) in [4.78, 5) is 11.8. The van der Waals surface area contributed by atoms with Gasteiger partial charge < -0.3 is 11.1 Å². The Balaban J connectivity index is 0.00000324. The van der Waals surface area contributed by atoms with Crippen molar-refractivity contribution in [3.05, 3.63) is 35.9 Å². The number of hydrogen-bond donors (Lipinski definition) is 2. The third-order valence-electron chi connectivity index (χ3n) is 2.89. The lowest BCUT2D eigenvalue weighted by Gasteiger charge is -2.12. The summed E-state index contributed by atoms with van der Waals surface area (Å²) in [6.45, 7) is 5.09. The van der Waals surface area contributed by atoms with Crippen LogP contribution >= 0.6 is 12.4 Å². The number of rotatable bonds is 7. The summed E-state index contributed by atoms with van der Waals surface area (Å²) >= 11 is 0. The Kier molecular flexibility index (Phi) is 9.27. The fourth-order valence-electron chi connectivity index (χ4n) is 1.81. The number of carbonyl (C=O) groups excluding carboxylic acids is 1. The molecular formula is C15H25ClN2O. The van der Waals surface area contributed by atoms with Gasteiger partial charge in [-0.15, -0.1) is 12.4 Å². The second kappa shape index (κ2) is 9.82. The Morgan fingerprint density at radius 3 is 2.47 bits per heavy atom. The molecule has 0 spiro atoms. The van der Waals surface area contributed by atoms with Crippen molar-refractivity contribution in [1.29, 1.82) is 0 Å². The van der Waals surface area contributed by atoms with Gasteiger partial charge in [0.15, 0.2) is 0 Å². The van der Waals surface area contributed by atoms with Crippen LogP contribution in [0.5, 0.6) is 0 Å². The SMILES string of the molecule is CC(C)CCCNC(=O)C(N)Cc1ccccc1.Cl. The highest BCUT2D eigenvalue weighted by Crippen LogP contribution is 2.03. The fourth-order valence-corrected chi connectivity index (χ4v) is 1.81. The second-order valence-electron chi connectivity index (χ2n) is 5.12. The van der Waals surface area contributed by atoms with Gasteiger partial charge in [-0.3, -0.25) is 4.79 Å². The zero-order chi connectivity index (χ0) is 13.4. The molecule has 108 valence electrons. The van der Waals surface area contributed by atoms with E-state index in [2.05, 4.69) is 19.2 Å². The van der Waals surface area contributed by atoms with E-state index in [9.17, 15) is 4.79 Å². The van der Waals surface area contributed by atoms with Crippen molar-refractivity contribution in [2.45, 2.75) is 39.2 Å². The van der Waals surface area contributed by atoms with Crippen LogP contribution in [-0.2, 0) is 11.2 Å². The van der Waals surface area contributed by atoms with E-state index in [0.717, 1.165) is 24.9 Å². The molecule has 4 heteroatoms. The first-order chi connectivity index (χ1) is 8.59. The van der Waals surface area contributed by atoms with Gasteiger partial charge in [0.25, 0.3) is 0 Å². The molecule has 1 unspecified atom stereocenters. The van der Waals surface area contributed by atoms with E-state index in [-0.39, 0.29) is 18.3 Å². The van der Waals surface area contributed by atoms with Crippen LogP contribution < -0.4 is 11.1 Å². The van der Waals surface area contributed by atoms with Crippen LogP contribution in [0.4, 0.5) is 0 Å². The van der Waals surface area contributed by atoms with E-state index in [0.29, 0.717) is 12.3 Å². The first-order valence-electron chi connectivity index (χ1n) is 6.67. The number of hydrogen-bond acceptors (Lipinski definition) is 2. The van der Waals surface area contributed by atoms with E-state index in [1.807, 2.05) is 30.3 Å². The molecule has 0 saturated heterocycles. The Bertz CT molecular complexity index is 354. The van der Waals surface area contributed by atoms with Crippen LogP contribution in [0.25, 0.3) is 0 Å². The van der Waals surface area contributed by atoms with Gasteiger partial charge in [0.1, 0.15) is 0 Å². The van der Waals surface area contributed by atoms with Gasteiger partial charge in [0.2, 0.25) is 5.91 Å². The number of nitrogens with one attached hydrogen (secondary N) is 1. The number of halogens is 1. The summed E-state index contributed by atoms with van der Waals surface area (Å²) in [5.74, 6) is 0.627. The minimum absolute atomic E-state index is 0. The summed E-state index contributed by atoms with van der Waals surface area (Å²) in [6.07, 6.45) is 2.74. The largest absolute Gasteiger partial charge is 0.355 e. The predicted molar refractivity (Wildman–Crippen MR) is 82.5 cm³/mol. The summed E-state index contributed by atoms with van der Waals surface area (Å²) in [6, 6.07) is 9.41. The number of amides is 1. The lowest BCUT2D eigenvalue weighted by molar-refractivity contribution is -0.122. The van der Waals surface area contributed by atoms with Crippen LogP contribution in [0.15, 0.2) is 30.3 Å². The first kappa shape index (κ1) is 17.9. The normalized spacial score (nSPS) is 11.8. The predicted octanol–water partition coefficient (Wildman–Crippen LogP) is 2.53. The third kappa shape index (κ3) is 7.85. The monoisotopic (exact) mass is 284 g/mol. The standard InChI is InChI=1S/C15H24N2O.ClH/c1-12(2)7-6-10-17-15(18)14(16)11-13-8-4-3-5-9-13;/h3-5,8-9,12,14H,6-7,10-11,16H2,1-2H3,(H,17,18);1H. The van der Waals surface area contributed by atoms with Crippen LogP contribution in [0.3, 0.4) is 0 Å². The molecule has 1 aromatic carbocycles. The average molecular weight is 285 g/mol. The average Bonchev–Trinajstić information content (AvgIpc) is 2.35.